The minimum absolute atomic E-state index is 0.214. The summed E-state index contributed by atoms with van der Waals surface area (Å²) in [5.41, 5.74) is 0. The SMILES string of the molecule is Cc1noc(CN2CCC(C(=O)N3CC4CCCCC4C3)CC2)n1. The molecule has 1 aliphatic carbocycles. The second-order valence-electron chi connectivity index (χ2n) is 7.83. The maximum atomic E-state index is 12.9. The average molecular weight is 332 g/mol. The third-order valence-corrected chi connectivity index (χ3v) is 6.15. The summed E-state index contributed by atoms with van der Waals surface area (Å²) in [7, 11) is 0. The Kier molecular flexibility index (Phi) is 4.57. The minimum Gasteiger partial charge on any atom is -0.342 e. The van der Waals surface area contributed by atoms with Crippen molar-refractivity contribution in [1.29, 1.82) is 0 Å². The monoisotopic (exact) mass is 332 g/mol. The van der Waals surface area contributed by atoms with E-state index in [4.69, 9.17) is 4.52 Å². The maximum Gasteiger partial charge on any atom is 0.240 e. The quantitative estimate of drug-likeness (QED) is 0.849. The van der Waals surface area contributed by atoms with E-state index in [0.29, 0.717) is 24.2 Å². The highest BCUT2D eigenvalue weighted by molar-refractivity contribution is 5.79. The molecular weight excluding hydrogens is 304 g/mol. The molecule has 132 valence electrons. The summed E-state index contributed by atoms with van der Waals surface area (Å²) in [6.45, 7) is 6.47. The summed E-state index contributed by atoms with van der Waals surface area (Å²) < 4.78 is 5.20. The van der Waals surface area contributed by atoms with E-state index in [2.05, 4.69) is 19.9 Å². The number of aromatic nitrogens is 2. The zero-order chi connectivity index (χ0) is 16.5. The lowest BCUT2D eigenvalue weighted by atomic mass is 9.82. The van der Waals surface area contributed by atoms with Gasteiger partial charge in [0.25, 0.3) is 0 Å². The molecule has 0 aromatic carbocycles. The molecule has 6 nitrogen and oxygen atoms in total. The van der Waals surface area contributed by atoms with Crippen LogP contribution in [0.25, 0.3) is 0 Å². The third kappa shape index (κ3) is 3.34. The zero-order valence-corrected chi connectivity index (χ0v) is 14.6. The molecule has 3 aliphatic rings. The predicted molar refractivity (Wildman–Crippen MR) is 89.1 cm³/mol. The summed E-state index contributed by atoms with van der Waals surface area (Å²) in [5, 5.41) is 3.84. The molecule has 1 aromatic rings. The molecule has 4 rings (SSSR count). The van der Waals surface area contributed by atoms with E-state index in [1.807, 2.05) is 6.92 Å². The van der Waals surface area contributed by atoms with Gasteiger partial charge in [-0.15, -0.1) is 0 Å². The van der Waals surface area contributed by atoms with Crippen LogP contribution in [0.3, 0.4) is 0 Å². The maximum absolute atomic E-state index is 12.9. The van der Waals surface area contributed by atoms with Gasteiger partial charge in [0.05, 0.1) is 6.54 Å². The summed E-state index contributed by atoms with van der Waals surface area (Å²) in [5.74, 6) is 3.56. The van der Waals surface area contributed by atoms with Crippen molar-refractivity contribution in [3.8, 4) is 0 Å². The van der Waals surface area contributed by atoms with E-state index in [0.717, 1.165) is 50.9 Å². The average Bonchev–Trinajstić information content (AvgIpc) is 3.21. The van der Waals surface area contributed by atoms with Crippen molar-refractivity contribution in [2.75, 3.05) is 26.2 Å². The lowest BCUT2D eigenvalue weighted by Crippen LogP contribution is -2.41. The lowest BCUT2D eigenvalue weighted by molar-refractivity contribution is -0.136. The standard InChI is InChI=1S/C18H28N4O2/c1-13-19-17(24-20-13)12-21-8-6-14(7-9-21)18(23)22-10-15-4-2-3-5-16(15)11-22/h14-16H,2-12H2,1H3. The van der Waals surface area contributed by atoms with Crippen molar-refractivity contribution in [3.63, 3.8) is 0 Å². The van der Waals surface area contributed by atoms with E-state index in [1.54, 1.807) is 0 Å². The molecule has 2 saturated heterocycles. The van der Waals surface area contributed by atoms with Crippen molar-refractivity contribution >= 4 is 5.91 Å². The van der Waals surface area contributed by atoms with Gasteiger partial charge in [0.15, 0.2) is 5.82 Å². The summed E-state index contributed by atoms with van der Waals surface area (Å²) in [6.07, 6.45) is 7.29. The first kappa shape index (κ1) is 16.1. The first-order chi connectivity index (χ1) is 11.7. The van der Waals surface area contributed by atoms with E-state index in [1.165, 1.54) is 25.7 Å². The topological polar surface area (TPSA) is 62.5 Å². The number of fused-ring (bicyclic) bond motifs is 1. The number of hydrogen-bond acceptors (Lipinski definition) is 5. The molecule has 0 radical (unpaired) electrons. The van der Waals surface area contributed by atoms with Crippen LogP contribution in [0.1, 0.15) is 50.2 Å². The third-order valence-electron chi connectivity index (χ3n) is 6.15. The summed E-state index contributed by atoms with van der Waals surface area (Å²) >= 11 is 0. The van der Waals surface area contributed by atoms with Gasteiger partial charge in [0, 0.05) is 19.0 Å². The van der Waals surface area contributed by atoms with E-state index < -0.39 is 0 Å². The van der Waals surface area contributed by atoms with Crippen LogP contribution < -0.4 is 0 Å². The van der Waals surface area contributed by atoms with Crippen LogP contribution in [-0.4, -0.2) is 52.0 Å². The van der Waals surface area contributed by atoms with Gasteiger partial charge in [-0.25, -0.2) is 0 Å². The Morgan fingerprint density at radius 2 is 1.79 bits per heavy atom. The molecule has 1 aromatic heterocycles. The fourth-order valence-corrected chi connectivity index (χ4v) is 4.78. The molecule has 0 spiro atoms. The highest BCUT2D eigenvalue weighted by Gasteiger charge is 2.39. The Morgan fingerprint density at radius 3 is 2.38 bits per heavy atom. The molecule has 2 aliphatic heterocycles. The van der Waals surface area contributed by atoms with Gasteiger partial charge >= 0.3 is 0 Å². The molecule has 1 saturated carbocycles. The molecule has 6 heteroatoms. The van der Waals surface area contributed by atoms with Crippen LogP contribution in [-0.2, 0) is 11.3 Å². The van der Waals surface area contributed by atoms with Crippen LogP contribution >= 0.6 is 0 Å². The van der Waals surface area contributed by atoms with Gasteiger partial charge in [-0.3, -0.25) is 9.69 Å². The molecule has 0 bridgehead atoms. The van der Waals surface area contributed by atoms with Gasteiger partial charge in [0.2, 0.25) is 11.8 Å². The van der Waals surface area contributed by atoms with Crippen molar-refractivity contribution < 1.29 is 9.32 Å². The Labute approximate surface area is 143 Å². The van der Waals surface area contributed by atoms with Gasteiger partial charge in [-0.2, -0.15) is 4.98 Å². The van der Waals surface area contributed by atoms with Crippen molar-refractivity contribution in [2.45, 2.75) is 52.0 Å². The van der Waals surface area contributed by atoms with Crippen molar-refractivity contribution in [3.05, 3.63) is 11.7 Å². The molecule has 3 fully saturated rings. The van der Waals surface area contributed by atoms with Gasteiger partial charge in [-0.1, -0.05) is 18.0 Å². The molecule has 0 N–H and O–H groups in total. The first-order valence-corrected chi connectivity index (χ1v) is 9.49. The zero-order valence-electron chi connectivity index (χ0n) is 14.6. The molecule has 2 unspecified atom stereocenters. The molecular formula is C18H28N4O2. The predicted octanol–water partition coefficient (Wildman–Crippen LogP) is 2.24. The number of nitrogens with zero attached hydrogens (tertiary/aromatic N) is 4. The number of hydrogen-bond donors (Lipinski definition) is 0. The number of rotatable bonds is 3. The largest absolute Gasteiger partial charge is 0.342 e. The molecule has 24 heavy (non-hydrogen) atoms. The second kappa shape index (κ2) is 6.82. The van der Waals surface area contributed by atoms with E-state index in [-0.39, 0.29) is 5.92 Å². The first-order valence-electron chi connectivity index (χ1n) is 9.49. The summed E-state index contributed by atoms with van der Waals surface area (Å²) in [6, 6.07) is 0. The Morgan fingerprint density at radius 1 is 1.12 bits per heavy atom. The second-order valence-corrected chi connectivity index (χ2v) is 7.83. The Hall–Kier alpha value is -1.43. The molecule has 2 atom stereocenters. The van der Waals surface area contributed by atoms with Crippen LogP contribution in [0, 0.1) is 24.7 Å². The van der Waals surface area contributed by atoms with Crippen LogP contribution in [0.4, 0.5) is 0 Å². The number of carbonyl (C=O) groups is 1. The van der Waals surface area contributed by atoms with Crippen LogP contribution in [0.5, 0.6) is 0 Å². The van der Waals surface area contributed by atoms with Crippen molar-refractivity contribution in [2.24, 2.45) is 17.8 Å². The van der Waals surface area contributed by atoms with Gasteiger partial charge < -0.3 is 9.42 Å². The van der Waals surface area contributed by atoms with E-state index >= 15 is 0 Å². The van der Waals surface area contributed by atoms with E-state index in [9.17, 15) is 4.79 Å². The normalized spacial score (nSPS) is 29.0. The minimum atomic E-state index is 0.214. The highest BCUT2D eigenvalue weighted by Crippen LogP contribution is 2.37. The Balaban J connectivity index is 1.27. The smallest absolute Gasteiger partial charge is 0.240 e. The number of carbonyl (C=O) groups excluding carboxylic acids is 1. The van der Waals surface area contributed by atoms with Gasteiger partial charge in [0.1, 0.15) is 0 Å². The van der Waals surface area contributed by atoms with Crippen LogP contribution in [0.2, 0.25) is 0 Å². The number of piperidine rings is 1. The van der Waals surface area contributed by atoms with Crippen molar-refractivity contribution in [1.82, 2.24) is 19.9 Å². The van der Waals surface area contributed by atoms with Gasteiger partial charge in [-0.05, 0) is 57.5 Å². The number of amides is 1. The summed E-state index contributed by atoms with van der Waals surface area (Å²) in [4.78, 5) is 21.7. The lowest BCUT2D eigenvalue weighted by Gasteiger charge is -2.32. The fraction of sp³-hybridized carbons (Fsp3) is 0.833. The van der Waals surface area contributed by atoms with Crippen LogP contribution in [0.15, 0.2) is 4.52 Å². The highest BCUT2D eigenvalue weighted by atomic mass is 16.5. The molecule has 3 heterocycles. The number of likely N-dealkylation sites (tertiary alicyclic amines) is 2. The molecule has 1 amide bonds. The fourth-order valence-electron chi connectivity index (χ4n) is 4.78. The number of aryl methyl sites for hydroxylation is 1. The Bertz CT molecular complexity index is 565.